The highest BCUT2D eigenvalue weighted by molar-refractivity contribution is 6.33. The maximum absolute atomic E-state index is 12.7. The molecule has 0 heterocycles. The average Bonchev–Trinajstić information content (AvgIpc) is 1.99. The molecule has 0 unspecified atom stereocenters. The zero-order valence-electron chi connectivity index (χ0n) is 9.03. The van der Waals surface area contributed by atoms with Gasteiger partial charge in [0.2, 0.25) is 0 Å². The number of nitrogens with two attached hydrogens (primary N) is 1. The third-order valence-electron chi connectivity index (χ3n) is 1.43. The lowest BCUT2D eigenvalue weighted by molar-refractivity contribution is -0.139. The van der Waals surface area contributed by atoms with E-state index in [1.54, 1.807) is 0 Å². The fourth-order valence-electron chi connectivity index (χ4n) is 0.949. The molecule has 2 radical (unpaired) electrons. The van der Waals surface area contributed by atoms with E-state index in [4.69, 9.17) is 13.6 Å². The molecule has 2 N–H and O–H groups in total. The Labute approximate surface area is 93.1 Å². The SMILES string of the molecule is CCC.[B]c1cc(N)cc(F)c1C(F)(F)F. The molecule has 0 aromatic heterocycles. The van der Waals surface area contributed by atoms with Crippen molar-refractivity contribution in [3.8, 4) is 0 Å². The Balaban J connectivity index is 0.000000673. The molecule has 0 atom stereocenters. The van der Waals surface area contributed by atoms with E-state index in [0.717, 1.165) is 6.07 Å². The predicted molar refractivity (Wildman–Crippen MR) is 57.2 cm³/mol. The van der Waals surface area contributed by atoms with Crippen LogP contribution in [0.25, 0.3) is 0 Å². The average molecular weight is 233 g/mol. The maximum atomic E-state index is 12.7. The molecule has 88 valence electrons. The van der Waals surface area contributed by atoms with Gasteiger partial charge >= 0.3 is 6.18 Å². The molecular formula is C10H12BF4N. The topological polar surface area (TPSA) is 26.0 Å². The minimum atomic E-state index is -4.79. The molecule has 6 heteroatoms. The summed E-state index contributed by atoms with van der Waals surface area (Å²) in [7, 11) is 4.97. The highest BCUT2D eigenvalue weighted by atomic mass is 19.4. The number of alkyl halides is 3. The number of halogens is 4. The molecule has 1 aromatic carbocycles. The van der Waals surface area contributed by atoms with Crippen LogP contribution in [0, 0.1) is 5.82 Å². The van der Waals surface area contributed by atoms with E-state index in [9.17, 15) is 17.6 Å². The zero-order valence-corrected chi connectivity index (χ0v) is 9.03. The van der Waals surface area contributed by atoms with Crippen molar-refractivity contribution in [1.29, 1.82) is 0 Å². The van der Waals surface area contributed by atoms with Crippen LogP contribution in [0.3, 0.4) is 0 Å². The van der Waals surface area contributed by atoms with E-state index < -0.39 is 23.0 Å². The van der Waals surface area contributed by atoms with Gasteiger partial charge in [-0.2, -0.15) is 13.2 Å². The molecule has 0 fully saturated rings. The predicted octanol–water partition coefficient (Wildman–Crippen LogP) is 2.64. The van der Waals surface area contributed by atoms with Crippen LogP contribution in [-0.4, -0.2) is 7.85 Å². The van der Waals surface area contributed by atoms with Crippen LogP contribution in [0.4, 0.5) is 23.2 Å². The summed E-state index contributed by atoms with van der Waals surface area (Å²) >= 11 is 0. The largest absolute Gasteiger partial charge is 0.418 e. The van der Waals surface area contributed by atoms with E-state index in [1.165, 1.54) is 6.42 Å². The first-order chi connectivity index (χ1) is 7.23. The van der Waals surface area contributed by atoms with Gasteiger partial charge in [0.15, 0.2) is 0 Å². The van der Waals surface area contributed by atoms with Crippen molar-refractivity contribution in [3.05, 3.63) is 23.5 Å². The summed E-state index contributed by atoms with van der Waals surface area (Å²) in [6.45, 7) is 4.25. The number of nitrogen functional groups attached to an aromatic ring is 1. The van der Waals surface area contributed by atoms with Gasteiger partial charge in [-0.25, -0.2) is 4.39 Å². The molecule has 0 aliphatic heterocycles. The summed E-state index contributed by atoms with van der Waals surface area (Å²) in [6, 6.07) is 1.45. The minimum absolute atomic E-state index is 0.136. The van der Waals surface area contributed by atoms with Crippen molar-refractivity contribution < 1.29 is 17.6 Å². The van der Waals surface area contributed by atoms with E-state index >= 15 is 0 Å². The smallest absolute Gasteiger partial charge is 0.399 e. The first kappa shape index (κ1) is 14.8. The molecule has 16 heavy (non-hydrogen) atoms. The third kappa shape index (κ3) is 4.12. The Morgan fingerprint density at radius 2 is 1.69 bits per heavy atom. The van der Waals surface area contributed by atoms with E-state index in [2.05, 4.69) is 13.8 Å². The van der Waals surface area contributed by atoms with Crippen molar-refractivity contribution in [2.45, 2.75) is 26.4 Å². The Bertz CT molecular complexity index is 326. The maximum Gasteiger partial charge on any atom is 0.418 e. The quantitative estimate of drug-likeness (QED) is 0.416. The molecular weight excluding hydrogens is 221 g/mol. The van der Waals surface area contributed by atoms with Gasteiger partial charge in [-0.1, -0.05) is 25.7 Å². The lowest BCUT2D eigenvalue weighted by Gasteiger charge is -2.11. The normalized spacial score (nSPS) is 10.6. The van der Waals surface area contributed by atoms with Crippen LogP contribution in [-0.2, 0) is 6.18 Å². The molecule has 0 bridgehead atoms. The van der Waals surface area contributed by atoms with Crippen LogP contribution in [0.5, 0.6) is 0 Å². The Morgan fingerprint density at radius 1 is 1.25 bits per heavy atom. The lowest BCUT2D eigenvalue weighted by atomic mass is 9.89. The fourth-order valence-corrected chi connectivity index (χ4v) is 0.949. The molecule has 1 rings (SSSR count). The fraction of sp³-hybridized carbons (Fsp3) is 0.400. The summed E-state index contributed by atoms with van der Waals surface area (Å²) in [5.41, 5.74) is 2.77. The number of hydrogen-bond donors (Lipinski definition) is 1. The van der Waals surface area contributed by atoms with Crippen LogP contribution in [0.2, 0.25) is 0 Å². The van der Waals surface area contributed by atoms with Gasteiger partial charge in [0, 0.05) is 5.69 Å². The molecule has 0 saturated carbocycles. The van der Waals surface area contributed by atoms with Crippen molar-refractivity contribution in [3.63, 3.8) is 0 Å². The Kier molecular flexibility index (Phi) is 5.34. The van der Waals surface area contributed by atoms with Crippen molar-refractivity contribution in [1.82, 2.24) is 0 Å². The number of hydrogen-bond acceptors (Lipinski definition) is 1. The number of benzene rings is 1. The molecule has 0 spiro atoms. The molecule has 0 aliphatic carbocycles. The van der Waals surface area contributed by atoms with Crippen LogP contribution < -0.4 is 11.2 Å². The van der Waals surface area contributed by atoms with Crippen molar-refractivity contribution >= 4 is 19.0 Å². The van der Waals surface area contributed by atoms with Crippen molar-refractivity contribution in [2.24, 2.45) is 0 Å². The van der Waals surface area contributed by atoms with Gasteiger partial charge in [-0.3, -0.25) is 0 Å². The van der Waals surface area contributed by atoms with Gasteiger partial charge in [-0.05, 0) is 12.1 Å². The summed E-state index contributed by atoms with van der Waals surface area (Å²) in [5, 5.41) is 0. The van der Waals surface area contributed by atoms with Gasteiger partial charge in [-0.15, -0.1) is 0 Å². The highest BCUT2D eigenvalue weighted by Gasteiger charge is 2.35. The van der Waals surface area contributed by atoms with Gasteiger partial charge in [0.1, 0.15) is 13.7 Å². The van der Waals surface area contributed by atoms with Crippen LogP contribution >= 0.6 is 0 Å². The second-order valence-corrected chi connectivity index (χ2v) is 3.17. The first-order valence-corrected chi connectivity index (χ1v) is 4.65. The zero-order chi connectivity index (χ0) is 12.9. The molecule has 0 amide bonds. The Hall–Kier alpha value is -1.20. The molecule has 1 aromatic rings. The Morgan fingerprint density at radius 3 is 2.00 bits per heavy atom. The summed E-state index contributed by atoms with van der Waals surface area (Å²) in [5.74, 6) is -1.45. The minimum Gasteiger partial charge on any atom is -0.399 e. The third-order valence-corrected chi connectivity index (χ3v) is 1.43. The van der Waals surface area contributed by atoms with E-state index in [0.29, 0.717) is 6.07 Å². The van der Waals surface area contributed by atoms with Crippen molar-refractivity contribution in [2.75, 3.05) is 5.73 Å². The first-order valence-electron chi connectivity index (χ1n) is 4.65. The van der Waals surface area contributed by atoms with Crippen LogP contribution in [0.15, 0.2) is 12.1 Å². The monoisotopic (exact) mass is 233 g/mol. The highest BCUT2D eigenvalue weighted by Crippen LogP contribution is 2.30. The number of anilines is 1. The molecule has 0 saturated heterocycles. The van der Waals surface area contributed by atoms with Gasteiger partial charge in [0.25, 0.3) is 0 Å². The second kappa shape index (κ2) is 5.77. The lowest BCUT2D eigenvalue weighted by Crippen LogP contribution is -2.22. The molecule has 0 aliphatic rings. The second-order valence-electron chi connectivity index (χ2n) is 3.17. The van der Waals surface area contributed by atoms with Gasteiger partial charge < -0.3 is 5.73 Å². The van der Waals surface area contributed by atoms with Gasteiger partial charge in [0.05, 0.1) is 5.56 Å². The van der Waals surface area contributed by atoms with E-state index in [1.807, 2.05) is 0 Å². The summed E-state index contributed by atoms with van der Waals surface area (Å²) in [4.78, 5) is 0. The van der Waals surface area contributed by atoms with Crippen LogP contribution in [0.1, 0.15) is 25.8 Å². The van der Waals surface area contributed by atoms with E-state index in [-0.39, 0.29) is 5.69 Å². The number of rotatable bonds is 0. The standard InChI is InChI=1S/C7H4BF4N.C3H8/c8-4-1-3(13)2-5(9)6(4)7(10,11)12;1-3-2/h1-2H,13H2;3H2,1-2H3. The molecule has 1 nitrogen and oxygen atoms in total. The summed E-state index contributed by atoms with van der Waals surface area (Å²) in [6.07, 6.45) is -3.54. The summed E-state index contributed by atoms with van der Waals surface area (Å²) < 4.78 is 49.0.